The van der Waals surface area contributed by atoms with Crippen molar-refractivity contribution in [3.05, 3.63) is 53.3 Å². The van der Waals surface area contributed by atoms with Gasteiger partial charge in [0.15, 0.2) is 0 Å². The molecule has 1 heterocycles. The Morgan fingerprint density at radius 2 is 2.24 bits per heavy atom. The number of rotatable bonds is 5. The smallest absolute Gasteiger partial charge is 0.354 e. The van der Waals surface area contributed by atoms with Gasteiger partial charge in [-0.3, -0.25) is 0 Å². The number of carboxylic acid groups (broad SMARTS) is 1. The molecule has 1 aromatic heterocycles. The molecule has 0 fully saturated rings. The van der Waals surface area contributed by atoms with E-state index >= 15 is 0 Å². The van der Waals surface area contributed by atoms with E-state index in [1.165, 1.54) is 13.2 Å². The number of carbonyl (C=O) groups is 1. The largest absolute Gasteiger partial charge is 0.495 e. The third-order valence-electron chi connectivity index (χ3n) is 2.82. The first-order valence-corrected chi connectivity index (χ1v) is 6.15. The van der Waals surface area contributed by atoms with E-state index < -0.39 is 5.97 Å². The summed E-state index contributed by atoms with van der Waals surface area (Å²) in [4.78, 5) is 14.9. The van der Waals surface area contributed by atoms with E-state index in [0.29, 0.717) is 29.2 Å². The third kappa shape index (κ3) is 3.48. The van der Waals surface area contributed by atoms with Gasteiger partial charge in [-0.05, 0) is 24.3 Å². The molecule has 0 saturated heterocycles. The van der Waals surface area contributed by atoms with Crippen LogP contribution in [-0.4, -0.2) is 23.2 Å². The van der Waals surface area contributed by atoms with Crippen molar-refractivity contribution >= 4 is 11.7 Å². The minimum absolute atomic E-state index is 0.00101. The van der Waals surface area contributed by atoms with E-state index in [1.54, 1.807) is 30.3 Å². The summed E-state index contributed by atoms with van der Waals surface area (Å²) < 4.78 is 5.21. The number of nitrogens with one attached hydrogen (secondary N) is 1. The first kappa shape index (κ1) is 14.3. The standard InChI is InChI=1S/C15H13N3O3/c1-21-14-7-10(8-16)5-6-12(14)17-9-11-3-2-4-13(18-11)15(19)20/h2-7,17H,9H2,1H3,(H,19,20). The molecule has 0 spiro atoms. The molecule has 6 heteroatoms. The Kier molecular flexibility index (Phi) is 4.36. The van der Waals surface area contributed by atoms with Gasteiger partial charge < -0.3 is 15.2 Å². The highest BCUT2D eigenvalue weighted by Crippen LogP contribution is 2.25. The predicted octanol–water partition coefficient (Wildman–Crippen LogP) is 2.27. The molecule has 106 valence electrons. The highest BCUT2D eigenvalue weighted by atomic mass is 16.5. The summed E-state index contributed by atoms with van der Waals surface area (Å²) >= 11 is 0. The molecule has 0 radical (unpaired) electrons. The normalized spacial score (nSPS) is 9.71. The Bertz CT molecular complexity index is 708. The van der Waals surface area contributed by atoms with E-state index in [0.717, 1.165) is 0 Å². The first-order chi connectivity index (χ1) is 10.1. The lowest BCUT2D eigenvalue weighted by atomic mass is 10.2. The van der Waals surface area contributed by atoms with Crippen LogP contribution in [0.3, 0.4) is 0 Å². The van der Waals surface area contributed by atoms with Crippen LogP contribution in [0.15, 0.2) is 36.4 Å². The van der Waals surface area contributed by atoms with Gasteiger partial charge in [-0.2, -0.15) is 5.26 Å². The zero-order valence-electron chi connectivity index (χ0n) is 11.3. The first-order valence-electron chi connectivity index (χ1n) is 6.15. The van der Waals surface area contributed by atoms with Crippen LogP contribution >= 0.6 is 0 Å². The van der Waals surface area contributed by atoms with Gasteiger partial charge in [0, 0.05) is 6.07 Å². The van der Waals surface area contributed by atoms with Gasteiger partial charge in [-0.15, -0.1) is 0 Å². The number of pyridine rings is 1. The van der Waals surface area contributed by atoms with Crippen molar-refractivity contribution in [1.82, 2.24) is 4.98 Å². The van der Waals surface area contributed by atoms with Crippen LogP contribution in [0.5, 0.6) is 5.75 Å². The lowest BCUT2D eigenvalue weighted by molar-refractivity contribution is 0.0690. The summed E-state index contributed by atoms with van der Waals surface area (Å²) in [6.45, 7) is 0.351. The number of ether oxygens (including phenoxy) is 1. The average Bonchev–Trinajstić information content (AvgIpc) is 2.53. The lowest BCUT2D eigenvalue weighted by Gasteiger charge is -2.11. The number of benzene rings is 1. The number of hydrogen-bond donors (Lipinski definition) is 2. The highest BCUT2D eigenvalue weighted by Gasteiger charge is 2.07. The zero-order chi connectivity index (χ0) is 15.2. The van der Waals surface area contributed by atoms with Crippen molar-refractivity contribution in [2.75, 3.05) is 12.4 Å². The number of carboxylic acids is 1. The number of anilines is 1. The fourth-order valence-electron chi connectivity index (χ4n) is 1.79. The molecule has 0 aliphatic heterocycles. The number of methoxy groups -OCH3 is 1. The molecule has 0 aliphatic carbocycles. The maximum absolute atomic E-state index is 10.9. The molecule has 0 atom stereocenters. The van der Waals surface area contributed by atoms with Gasteiger partial charge in [-0.1, -0.05) is 6.07 Å². The predicted molar refractivity (Wildman–Crippen MR) is 76.2 cm³/mol. The number of hydrogen-bond acceptors (Lipinski definition) is 5. The van der Waals surface area contributed by atoms with Crippen LogP contribution in [0.25, 0.3) is 0 Å². The maximum atomic E-state index is 10.9. The summed E-state index contributed by atoms with van der Waals surface area (Å²) in [6, 6.07) is 11.9. The highest BCUT2D eigenvalue weighted by molar-refractivity contribution is 5.85. The molecule has 21 heavy (non-hydrogen) atoms. The molecular weight excluding hydrogens is 270 g/mol. The van der Waals surface area contributed by atoms with Gasteiger partial charge in [0.1, 0.15) is 11.4 Å². The molecule has 6 nitrogen and oxygen atoms in total. The molecule has 0 saturated carbocycles. The van der Waals surface area contributed by atoms with Crippen molar-refractivity contribution in [3.63, 3.8) is 0 Å². The van der Waals surface area contributed by atoms with Crippen LogP contribution in [0, 0.1) is 11.3 Å². The number of aromatic nitrogens is 1. The van der Waals surface area contributed by atoms with Crippen LogP contribution < -0.4 is 10.1 Å². The quantitative estimate of drug-likeness (QED) is 0.874. The summed E-state index contributed by atoms with van der Waals surface area (Å²) in [5.41, 5.74) is 1.81. The molecule has 0 bridgehead atoms. The fourth-order valence-corrected chi connectivity index (χ4v) is 1.79. The minimum Gasteiger partial charge on any atom is -0.495 e. The summed E-state index contributed by atoms with van der Waals surface area (Å²) in [5.74, 6) is -0.517. The van der Waals surface area contributed by atoms with E-state index in [-0.39, 0.29) is 5.69 Å². The second-order valence-electron chi connectivity index (χ2n) is 4.20. The van der Waals surface area contributed by atoms with Crippen LogP contribution in [0.1, 0.15) is 21.7 Å². The second-order valence-corrected chi connectivity index (χ2v) is 4.20. The fraction of sp³-hybridized carbons (Fsp3) is 0.133. The Morgan fingerprint density at radius 3 is 2.90 bits per heavy atom. The molecule has 2 N–H and O–H groups in total. The van der Waals surface area contributed by atoms with Crippen molar-refractivity contribution in [2.24, 2.45) is 0 Å². The van der Waals surface area contributed by atoms with Gasteiger partial charge >= 0.3 is 5.97 Å². The zero-order valence-corrected chi connectivity index (χ0v) is 11.3. The van der Waals surface area contributed by atoms with E-state index in [1.807, 2.05) is 6.07 Å². The van der Waals surface area contributed by atoms with Gasteiger partial charge in [0.05, 0.1) is 36.7 Å². The van der Waals surface area contributed by atoms with Crippen molar-refractivity contribution in [2.45, 2.75) is 6.54 Å². The number of aromatic carboxylic acids is 1. The third-order valence-corrected chi connectivity index (χ3v) is 2.82. The number of nitrogens with zero attached hydrogens (tertiary/aromatic N) is 2. The topological polar surface area (TPSA) is 95.2 Å². The summed E-state index contributed by atoms with van der Waals surface area (Å²) in [5, 5.41) is 20.9. The van der Waals surface area contributed by atoms with Crippen molar-refractivity contribution in [3.8, 4) is 11.8 Å². The Balaban J connectivity index is 2.15. The van der Waals surface area contributed by atoms with E-state index in [2.05, 4.69) is 10.3 Å². The maximum Gasteiger partial charge on any atom is 0.354 e. The molecule has 0 unspecified atom stereocenters. The Morgan fingerprint density at radius 1 is 1.43 bits per heavy atom. The van der Waals surface area contributed by atoms with Gasteiger partial charge in [0.25, 0.3) is 0 Å². The van der Waals surface area contributed by atoms with Crippen LogP contribution in [0.2, 0.25) is 0 Å². The van der Waals surface area contributed by atoms with Crippen molar-refractivity contribution < 1.29 is 14.6 Å². The second kappa shape index (κ2) is 6.39. The Labute approximate surface area is 121 Å². The monoisotopic (exact) mass is 283 g/mol. The van der Waals surface area contributed by atoms with Crippen molar-refractivity contribution in [1.29, 1.82) is 5.26 Å². The number of nitriles is 1. The molecule has 1 aromatic carbocycles. The molecule has 2 aromatic rings. The SMILES string of the molecule is COc1cc(C#N)ccc1NCc1cccc(C(=O)O)n1. The molecule has 0 amide bonds. The molecule has 2 rings (SSSR count). The Hall–Kier alpha value is -3.07. The van der Waals surface area contributed by atoms with Gasteiger partial charge in [0.2, 0.25) is 0 Å². The summed E-state index contributed by atoms with van der Waals surface area (Å²) in [6.07, 6.45) is 0. The van der Waals surface area contributed by atoms with Crippen LogP contribution in [0.4, 0.5) is 5.69 Å². The minimum atomic E-state index is -1.06. The van der Waals surface area contributed by atoms with E-state index in [4.69, 9.17) is 15.1 Å². The average molecular weight is 283 g/mol. The van der Waals surface area contributed by atoms with E-state index in [9.17, 15) is 4.79 Å². The molecule has 0 aliphatic rings. The van der Waals surface area contributed by atoms with Gasteiger partial charge in [-0.25, -0.2) is 9.78 Å². The van der Waals surface area contributed by atoms with Crippen LogP contribution in [-0.2, 0) is 6.54 Å². The lowest BCUT2D eigenvalue weighted by Crippen LogP contribution is -2.07. The summed E-state index contributed by atoms with van der Waals surface area (Å²) in [7, 11) is 1.52. The molecular formula is C15H13N3O3.